The van der Waals surface area contributed by atoms with Crippen LogP contribution in [0.4, 0.5) is 0 Å². The molecule has 114 valence electrons. The third-order valence-corrected chi connectivity index (χ3v) is 5.63. The largest absolute Gasteiger partial charge is 0.508 e. The summed E-state index contributed by atoms with van der Waals surface area (Å²) in [4.78, 5) is 15.1. The van der Waals surface area contributed by atoms with E-state index in [0.717, 1.165) is 12.8 Å². The molecule has 4 nitrogen and oxygen atoms in total. The van der Waals surface area contributed by atoms with Gasteiger partial charge in [-0.2, -0.15) is 0 Å². The Kier molecular flexibility index (Phi) is 4.02. The van der Waals surface area contributed by atoms with Crippen molar-refractivity contribution in [1.82, 2.24) is 4.90 Å². The average molecular weight is 307 g/mol. The monoisotopic (exact) mass is 307 g/mol. The van der Waals surface area contributed by atoms with Crippen LogP contribution in [0.3, 0.4) is 0 Å². The van der Waals surface area contributed by atoms with E-state index in [2.05, 4.69) is 6.92 Å². The molecule has 1 aromatic carbocycles. The molecular formula is C16H21NO3S. The molecule has 2 saturated carbocycles. The van der Waals surface area contributed by atoms with Crippen molar-refractivity contribution in [2.75, 3.05) is 5.75 Å². The minimum Gasteiger partial charge on any atom is -0.508 e. The van der Waals surface area contributed by atoms with Gasteiger partial charge in [0.2, 0.25) is 5.91 Å². The number of phenolic OH excluding ortho intramolecular Hbond substituents is 1. The number of benzene rings is 1. The second-order valence-corrected chi connectivity index (χ2v) is 7.55. The highest BCUT2D eigenvalue weighted by atomic mass is 32.2. The van der Waals surface area contributed by atoms with Gasteiger partial charge in [-0.25, -0.2) is 0 Å². The van der Waals surface area contributed by atoms with Crippen LogP contribution in [0, 0.1) is 5.92 Å². The molecule has 5 heteroatoms. The lowest BCUT2D eigenvalue weighted by Gasteiger charge is -2.29. The highest BCUT2D eigenvalue weighted by Gasteiger charge is 2.41. The van der Waals surface area contributed by atoms with Gasteiger partial charge in [-0.05, 0) is 62.8 Å². The summed E-state index contributed by atoms with van der Waals surface area (Å²) in [6.07, 6.45) is 4.57. The zero-order chi connectivity index (χ0) is 15.0. The van der Waals surface area contributed by atoms with Crippen molar-refractivity contribution in [1.29, 1.82) is 0 Å². The summed E-state index contributed by atoms with van der Waals surface area (Å²) in [5.74, 6) is 0.822. The summed E-state index contributed by atoms with van der Waals surface area (Å²) >= 11 is 0. The van der Waals surface area contributed by atoms with Gasteiger partial charge in [0.1, 0.15) is 11.5 Å². The zero-order valence-corrected chi connectivity index (χ0v) is 13.0. The fourth-order valence-electron chi connectivity index (χ4n) is 2.79. The van der Waals surface area contributed by atoms with E-state index in [1.807, 2.05) is 4.90 Å². The molecule has 0 spiro atoms. The number of hydrogen-bond acceptors (Lipinski definition) is 3. The normalized spacial score (nSPS) is 20.8. The van der Waals surface area contributed by atoms with Crippen LogP contribution in [0.2, 0.25) is 0 Å². The lowest BCUT2D eigenvalue weighted by molar-refractivity contribution is -0.131. The van der Waals surface area contributed by atoms with E-state index in [-0.39, 0.29) is 23.5 Å². The molecule has 1 N–H and O–H groups in total. The molecule has 2 atom stereocenters. The fourth-order valence-corrected chi connectivity index (χ4v) is 3.77. The Bertz CT molecular complexity index is 549. The molecule has 2 fully saturated rings. The Morgan fingerprint density at radius 1 is 1.29 bits per heavy atom. The van der Waals surface area contributed by atoms with E-state index in [0.29, 0.717) is 16.9 Å². The molecule has 1 aromatic rings. The second-order valence-electron chi connectivity index (χ2n) is 6.09. The smallest absolute Gasteiger partial charge is 0.236 e. The minimum absolute atomic E-state index is 0.00306. The van der Waals surface area contributed by atoms with Crippen molar-refractivity contribution < 1.29 is 14.1 Å². The van der Waals surface area contributed by atoms with Crippen molar-refractivity contribution >= 4 is 16.7 Å². The Hall–Kier alpha value is -1.36. The van der Waals surface area contributed by atoms with Crippen LogP contribution < -0.4 is 0 Å². The van der Waals surface area contributed by atoms with Gasteiger partial charge in [0.15, 0.2) is 0 Å². The Morgan fingerprint density at radius 2 is 1.90 bits per heavy atom. The Labute approximate surface area is 127 Å². The summed E-state index contributed by atoms with van der Waals surface area (Å²) in [5.41, 5.74) is 0. The van der Waals surface area contributed by atoms with Crippen LogP contribution in [0.25, 0.3) is 0 Å². The van der Waals surface area contributed by atoms with Crippen molar-refractivity contribution in [3.05, 3.63) is 24.3 Å². The molecule has 0 radical (unpaired) electrons. The van der Waals surface area contributed by atoms with E-state index in [4.69, 9.17) is 0 Å². The fraction of sp³-hybridized carbons (Fsp3) is 0.562. The molecule has 0 unspecified atom stereocenters. The molecule has 0 heterocycles. The van der Waals surface area contributed by atoms with Crippen LogP contribution in [0.5, 0.6) is 5.75 Å². The summed E-state index contributed by atoms with van der Waals surface area (Å²) in [6, 6.07) is 6.88. The molecule has 2 aliphatic rings. The predicted octanol–water partition coefficient (Wildman–Crippen LogP) is 2.29. The standard InChI is InChI=1S/C16H21NO3S/c1-11(12-2-3-12)17(13-4-5-13)16(19)10-21(20)15-8-6-14(18)7-9-15/h6-9,11-13,18H,2-5,10H2,1H3/t11-,21+/m0/s1. The maximum Gasteiger partial charge on any atom is 0.236 e. The number of phenols is 1. The van der Waals surface area contributed by atoms with E-state index >= 15 is 0 Å². The summed E-state index contributed by atoms with van der Waals surface area (Å²) < 4.78 is 12.3. The third-order valence-electron chi connectivity index (χ3n) is 4.33. The van der Waals surface area contributed by atoms with Gasteiger partial charge in [-0.15, -0.1) is 0 Å². The number of amides is 1. The number of aromatic hydroxyl groups is 1. The van der Waals surface area contributed by atoms with E-state index in [9.17, 15) is 14.1 Å². The maximum atomic E-state index is 12.5. The molecular weight excluding hydrogens is 286 g/mol. The summed E-state index contributed by atoms with van der Waals surface area (Å²) in [6.45, 7) is 2.12. The summed E-state index contributed by atoms with van der Waals surface area (Å²) in [5, 5.41) is 9.26. The van der Waals surface area contributed by atoms with Crippen LogP contribution >= 0.6 is 0 Å². The van der Waals surface area contributed by atoms with Crippen molar-refractivity contribution in [3.8, 4) is 5.75 Å². The lowest BCUT2D eigenvalue weighted by atomic mass is 10.2. The van der Waals surface area contributed by atoms with E-state index < -0.39 is 10.8 Å². The van der Waals surface area contributed by atoms with Crippen molar-refractivity contribution in [3.63, 3.8) is 0 Å². The van der Waals surface area contributed by atoms with Gasteiger partial charge in [0, 0.05) is 17.0 Å². The predicted molar refractivity (Wildman–Crippen MR) is 81.4 cm³/mol. The lowest BCUT2D eigenvalue weighted by Crippen LogP contribution is -2.43. The molecule has 0 aliphatic heterocycles. The Balaban J connectivity index is 1.66. The first kappa shape index (κ1) is 14.6. The first-order valence-corrected chi connectivity index (χ1v) is 8.86. The number of nitrogens with zero attached hydrogens (tertiary/aromatic N) is 1. The van der Waals surface area contributed by atoms with Gasteiger partial charge in [-0.3, -0.25) is 9.00 Å². The molecule has 21 heavy (non-hydrogen) atoms. The highest BCUT2D eigenvalue weighted by Crippen LogP contribution is 2.39. The average Bonchev–Trinajstić information content (AvgIpc) is 3.32. The highest BCUT2D eigenvalue weighted by molar-refractivity contribution is 7.85. The van der Waals surface area contributed by atoms with Crippen LogP contribution in [-0.2, 0) is 15.6 Å². The first-order chi connectivity index (χ1) is 10.1. The van der Waals surface area contributed by atoms with Crippen molar-refractivity contribution in [2.45, 2.75) is 49.6 Å². The number of carbonyl (C=O) groups is 1. The number of rotatable bonds is 6. The topological polar surface area (TPSA) is 57.6 Å². The molecule has 2 aliphatic carbocycles. The third kappa shape index (κ3) is 3.46. The van der Waals surface area contributed by atoms with Crippen LogP contribution in [-0.4, -0.2) is 38.0 Å². The van der Waals surface area contributed by atoms with Crippen LogP contribution in [0.15, 0.2) is 29.2 Å². The minimum atomic E-state index is -1.34. The molecule has 0 aromatic heterocycles. The SMILES string of the molecule is C[C@@H](C1CC1)N(C(=O)C[S@@](=O)c1ccc(O)cc1)C1CC1. The second kappa shape index (κ2) is 5.79. The number of carbonyl (C=O) groups excluding carboxylic acids is 1. The van der Waals surface area contributed by atoms with Crippen LogP contribution in [0.1, 0.15) is 32.6 Å². The van der Waals surface area contributed by atoms with Gasteiger partial charge >= 0.3 is 0 Å². The quantitative estimate of drug-likeness (QED) is 0.877. The zero-order valence-electron chi connectivity index (χ0n) is 12.2. The van der Waals surface area contributed by atoms with Gasteiger partial charge in [0.05, 0.1) is 10.8 Å². The molecule has 1 amide bonds. The molecule has 3 rings (SSSR count). The molecule has 0 bridgehead atoms. The number of hydrogen-bond donors (Lipinski definition) is 1. The van der Waals surface area contributed by atoms with Gasteiger partial charge in [0.25, 0.3) is 0 Å². The van der Waals surface area contributed by atoms with E-state index in [1.54, 1.807) is 12.1 Å². The van der Waals surface area contributed by atoms with Gasteiger partial charge < -0.3 is 10.0 Å². The Morgan fingerprint density at radius 3 is 2.43 bits per heavy atom. The first-order valence-electron chi connectivity index (χ1n) is 7.55. The molecule has 0 saturated heterocycles. The van der Waals surface area contributed by atoms with Crippen molar-refractivity contribution in [2.24, 2.45) is 5.92 Å². The van der Waals surface area contributed by atoms with E-state index in [1.165, 1.54) is 25.0 Å². The van der Waals surface area contributed by atoms with Gasteiger partial charge in [-0.1, -0.05) is 0 Å². The maximum absolute atomic E-state index is 12.5. The summed E-state index contributed by atoms with van der Waals surface area (Å²) in [7, 11) is -1.34.